The zero-order valence-electron chi connectivity index (χ0n) is 27.3. The highest BCUT2D eigenvalue weighted by Gasteiger charge is 2.34. The van der Waals surface area contributed by atoms with Gasteiger partial charge in [0.15, 0.2) is 0 Å². The normalized spacial score (nSPS) is 18.3. The fourth-order valence-electron chi connectivity index (χ4n) is 5.76. The van der Waals surface area contributed by atoms with E-state index in [1.165, 1.54) is 23.8 Å². The molecule has 0 aliphatic heterocycles. The molecule has 0 bridgehead atoms. The van der Waals surface area contributed by atoms with E-state index in [-0.39, 0.29) is 16.8 Å². The van der Waals surface area contributed by atoms with Gasteiger partial charge in [0.25, 0.3) is 0 Å². The van der Waals surface area contributed by atoms with Gasteiger partial charge in [0, 0.05) is 17.0 Å². The van der Waals surface area contributed by atoms with Crippen molar-refractivity contribution in [2.75, 3.05) is 7.11 Å². The Bertz CT molecular complexity index is 1680. The highest BCUT2D eigenvalue weighted by Crippen LogP contribution is 2.40. The number of nitrogens with zero attached hydrogens (tertiary/aromatic N) is 1. The van der Waals surface area contributed by atoms with Gasteiger partial charge in [-0.2, -0.15) is 0 Å². The summed E-state index contributed by atoms with van der Waals surface area (Å²) in [7, 11) is -2.63. The number of hydrogen-bond acceptors (Lipinski definition) is 8. The quantitative estimate of drug-likeness (QED) is 0.227. The fourth-order valence-corrected chi connectivity index (χ4v) is 7.04. The van der Waals surface area contributed by atoms with E-state index < -0.39 is 45.2 Å². The van der Waals surface area contributed by atoms with Gasteiger partial charge in [-0.25, -0.2) is 22.5 Å². The van der Waals surface area contributed by atoms with Crippen LogP contribution in [0.3, 0.4) is 0 Å². The zero-order chi connectivity index (χ0) is 33.3. The van der Waals surface area contributed by atoms with Crippen molar-refractivity contribution in [3.63, 3.8) is 0 Å². The van der Waals surface area contributed by atoms with Crippen LogP contribution in [0.4, 0.5) is 4.79 Å². The van der Waals surface area contributed by atoms with Crippen molar-refractivity contribution in [1.29, 1.82) is 0 Å². The van der Waals surface area contributed by atoms with Crippen LogP contribution in [0.15, 0.2) is 53.4 Å². The summed E-state index contributed by atoms with van der Waals surface area (Å²) >= 11 is 0. The predicted octanol–water partition coefficient (Wildman–Crippen LogP) is 6.55. The summed E-state index contributed by atoms with van der Waals surface area (Å²) in [5.74, 6) is -1.91. The van der Waals surface area contributed by atoms with Gasteiger partial charge < -0.3 is 14.2 Å². The van der Waals surface area contributed by atoms with Crippen molar-refractivity contribution in [2.45, 2.75) is 102 Å². The Morgan fingerprint density at radius 3 is 2.13 bits per heavy atom. The number of carbonyl (C=O) groups excluding carboxylic acids is 3. The number of ether oxygens (including phenoxy) is 3. The van der Waals surface area contributed by atoms with Gasteiger partial charge in [-0.3, -0.25) is 9.59 Å². The van der Waals surface area contributed by atoms with E-state index >= 15 is 0 Å². The molecule has 1 fully saturated rings. The number of fused-ring (bicyclic) bond motifs is 1. The Morgan fingerprint density at radius 1 is 0.911 bits per heavy atom. The third-order valence-corrected chi connectivity index (χ3v) is 9.19. The molecule has 0 saturated heterocycles. The minimum Gasteiger partial charge on any atom is -0.469 e. The highest BCUT2D eigenvalue weighted by atomic mass is 32.2. The smallest absolute Gasteiger partial charge is 0.419 e. The number of esters is 2. The first-order chi connectivity index (χ1) is 20.9. The van der Waals surface area contributed by atoms with Gasteiger partial charge in [0.1, 0.15) is 11.2 Å². The van der Waals surface area contributed by atoms with Gasteiger partial charge in [0.2, 0.25) is 10.0 Å². The van der Waals surface area contributed by atoms with Crippen LogP contribution in [0.1, 0.15) is 85.6 Å². The summed E-state index contributed by atoms with van der Waals surface area (Å²) in [6.45, 7) is 12.4. The van der Waals surface area contributed by atoms with Gasteiger partial charge in [-0.15, -0.1) is 0 Å². The molecule has 45 heavy (non-hydrogen) atoms. The molecule has 244 valence electrons. The van der Waals surface area contributed by atoms with Crippen LogP contribution in [0.5, 0.6) is 0 Å². The zero-order valence-corrected chi connectivity index (χ0v) is 28.1. The highest BCUT2D eigenvalue weighted by molar-refractivity contribution is 7.89. The fraction of sp³-hybridized carbons (Fsp3) is 0.500. The lowest BCUT2D eigenvalue weighted by atomic mass is 9.86. The molecular formula is C34H44N2O8S. The van der Waals surface area contributed by atoms with Crippen LogP contribution < -0.4 is 4.72 Å². The van der Waals surface area contributed by atoms with Gasteiger partial charge in [0.05, 0.1) is 35.1 Å². The number of hydrogen-bond donors (Lipinski definition) is 1. The van der Waals surface area contributed by atoms with E-state index in [1.807, 2.05) is 32.9 Å². The average Bonchev–Trinajstić information content (AvgIpc) is 3.30. The Morgan fingerprint density at radius 2 is 1.53 bits per heavy atom. The molecule has 1 aromatic heterocycles. The van der Waals surface area contributed by atoms with Gasteiger partial charge >= 0.3 is 18.0 Å². The maximum Gasteiger partial charge on any atom is 0.419 e. The summed E-state index contributed by atoms with van der Waals surface area (Å²) < 4.78 is 47.5. The summed E-state index contributed by atoms with van der Waals surface area (Å²) in [5.41, 5.74) is 0.626. The Labute approximate surface area is 265 Å². The number of nitrogens with one attached hydrogen (secondary N) is 1. The molecule has 3 unspecified atom stereocenters. The molecule has 1 N–H and O–H groups in total. The molecule has 10 nitrogen and oxygen atoms in total. The topological polar surface area (TPSA) is 130 Å². The second kappa shape index (κ2) is 13.0. The van der Waals surface area contributed by atoms with Crippen LogP contribution in [0.25, 0.3) is 22.2 Å². The maximum absolute atomic E-state index is 13.6. The molecule has 3 aromatic rings. The van der Waals surface area contributed by atoms with Crippen LogP contribution in [-0.2, 0) is 33.8 Å². The van der Waals surface area contributed by atoms with E-state index in [9.17, 15) is 22.8 Å². The number of aromatic nitrogens is 1. The molecule has 1 heterocycles. The maximum atomic E-state index is 13.6. The summed E-state index contributed by atoms with van der Waals surface area (Å²) in [5, 5.41) is 0.673. The Kier molecular flexibility index (Phi) is 9.84. The van der Waals surface area contributed by atoms with Crippen LogP contribution in [-0.4, -0.2) is 55.4 Å². The van der Waals surface area contributed by atoms with Crippen molar-refractivity contribution in [3.8, 4) is 11.3 Å². The van der Waals surface area contributed by atoms with Gasteiger partial charge in [-0.1, -0.05) is 36.8 Å². The molecule has 1 saturated carbocycles. The SMILES string of the molecule is COC(=O)C(C)c1c(-c2ccc(S(=O)(=O)NC3CCCC(C(=O)OC(C)(C)C)C3)cc2)n(C(=O)OC(C)(C)C)c2ccccc12. The lowest BCUT2D eigenvalue weighted by Gasteiger charge is -2.30. The first-order valence-corrected chi connectivity index (χ1v) is 16.7. The summed E-state index contributed by atoms with van der Waals surface area (Å²) in [6, 6.07) is 13.0. The van der Waals surface area contributed by atoms with E-state index in [2.05, 4.69) is 4.72 Å². The van der Waals surface area contributed by atoms with Crippen LogP contribution >= 0.6 is 0 Å². The lowest BCUT2D eigenvalue weighted by Crippen LogP contribution is -2.41. The first kappa shape index (κ1) is 34.2. The second-order valence-electron chi connectivity index (χ2n) is 13.6. The molecule has 4 rings (SSSR count). The molecule has 11 heteroatoms. The standard InChI is InChI=1S/C34H44N2O8S/c1-21(30(37)42-8)28-26-14-9-10-15-27(26)36(32(39)44-34(5,6)7)29(28)22-16-18-25(19-17-22)45(40,41)35-24-13-11-12-23(20-24)31(38)43-33(2,3)4/h9-10,14-19,21,23-24,35H,11-13,20H2,1-8H3. The average molecular weight is 641 g/mol. The third-order valence-electron chi connectivity index (χ3n) is 7.65. The number of benzene rings is 2. The third kappa shape index (κ3) is 7.94. The molecule has 3 atom stereocenters. The molecule has 1 aliphatic rings. The van der Waals surface area contributed by atoms with E-state index in [1.54, 1.807) is 52.0 Å². The number of sulfonamides is 1. The van der Waals surface area contributed by atoms with Crippen molar-refractivity contribution in [2.24, 2.45) is 5.92 Å². The Hall–Kier alpha value is -3.70. The number of carbonyl (C=O) groups is 3. The predicted molar refractivity (Wildman–Crippen MR) is 171 cm³/mol. The van der Waals surface area contributed by atoms with E-state index in [0.29, 0.717) is 53.4 Å². The molecule has 1 aliphatic carbocycles. The van der Waals surface area contributed by atoms with Crippen molar-refractivity contribution < 1.29 is 37.0 Å². The van der Waals surface area contributed by atoms with Gasteiger partial charge in [-0.05, 0) is 91.5 Å². The summed E-state index contributed by atoms with van der Waals surface area (Å²) in [4.78, 5) is 39.1. The molecule has 0 spiro atoms. The molecule has 0 radical (unpaired) electrons. The summed E-state index contributed by atoms with van der Waals surface area (Å²) in [6.07, 6.45) is 1.69. The first-order valence-electron chi connectivity index (χ1n) is 15.2. The van der Waals surface area contributed by atoms with Crippen molar-refractivity contribution in [3.05, 3.63) is 54.1 Å². The monoisotopic (exact) mass is 640 g/mol. The van der Waals surface area contributed by atoms with E-state index in [0.717, 1.165) is 0 Å². The number of rotatable bonds is 7. The largest absolute Gasteiger partial charge is 0.469 e. The molecule has 2 aromatic carbocycles. The minimum absolute atomic E-state index is 0.0353. The Balaban J connectivity index is 1.71. The van der Waals surface area contributed by atoms with Crippen molar-refractivity contribution in [1.82, 2.24) is 9.29 Å². The number of para-hydroxylation sites is 1. The lowest BCUT2D eigenvalue weighted by molar-refractivity contribution is -0.161. The van der Waals surface area contributed by atoms with Crippen LogP contribution in [0.2, 0.25) is 0 Å². The van der Waals surface area contributed by atoms with Crippen molar-refractivity contribution >= 4 is 39.0 Å². The minimum atomic E-state index is -3.94. The molecule has 0 amide bonds. The van der Waals surface area contributed by atoms with E-state index in [4.69, 9.17) is 14.2 Å². The number of methoxy groups -OCH3 is 1. The van der Waals surface area contributed by atoms with Crippen LogP contribution in [0, 0.1) is 5.92 Å². The molecular weight excluding hydrogens is 596 g/mol. The second-order valence-corrected chi connectivity index (χ2v) is 15.3.